The van der Waals surface area contributed by atoms with Crippen LogP contribution >= 0.6 is 0 Å². The highest BCUT2D eigenvalue weighted by Gasteiger charge is 2.63. The Morgan fingerprint density at radius 3 is 2.35 bits per heavy atom. The van der Waals surface area contributed by atoms with Crippen molar-refractivity contribution in [3.05, 3.63) is 0 Å². The Hall–Kier alpha value is -0.160. The second-order valence-corrected chi connectivity index (χ2v) is 13.2. The fourth-order valence-corrected chi connectivity index (χ4v) is 8.50. The van der Waals surface area contributed by atoms with E-state index in [0.29, 0.717) is 16.4 Å². The molecule has 0 aromatic carbocycles. The van der Waals surface area contributed by atoms with E-state index < -0.39 is 0 Å². The summed E-state index contributed by atoms with van der Waals surface area (Å²) in [4.78, 5) is 8.42. The highest BCUT2D eigenvalue weighted by atomic mass is 15.3. The normalized spacial score (nSPS) is 41.2. The molecular formula is C27H50N4. The minimum absolute atomic E-state index is 0.379. The topological polar surface area (TPSA) is 21.8 Å². The fraction of sp³-hybridized carbons (Fsp3) is 1.00. The smallest absolute Gasteiger partial charge is 0.0188 e. The van der Waals surface area contributed by atoms with Crippen LogP contribution in [0.2, 0.25) is 0 Å². The first-order valence-corrected chi connectivity index (χ1v) is 13.7. The third-order valence-electron chi connectivity index (χ3n) is 10.7. The van der Waals surface area contributed by atoms with Crippen LogP contribution in [0.4, 0.5) is 0 Å². The molecule has 5 unspecified atom stereocenters. The van der Waals surface area contributed by atoms with Crippen molar-refractivity contribution >= 4 is 0 Å². The first kappa shape index (κ1) is 22.6. The monoisotopic (exact) mass is 430 g/mol. The van der Waals surface area contributed by atoms with E-state index in [9.17, 15) is 0 Å². The van der Waals surface area contributed by atoms with E-state index in [-0.39, 0.29) is 0 Å². The van der Waals surface area contributed by atoms with Crippen molar-refractivity contribution in [2.75, 3.05) is 52.4 Å². The van der Waals surface area contributed by atoms with Gasteiger partial charge < -0.3 is 15.1 Å². The predicted octanol–water partition coefficient (Wildman–Crippen LogP) is 4.06. The van der Waals surface area contributed by atoms with E-state index in [2.05, 4.69) is 54.6 Å². The Bertz CT molecular complexity index is 641. The van der Waals surface area contributed by atoms with Crippen LogP contribution in [-0.2, 0) is 0 Å². The lowest BCUT2D eigenvalue weighted by molar-refractivity contribution is 0.0700. The number of likely N-dealkylation sites (tertiary alicyclic amines) is 2. The lowest BCUT2D eigenvalue weighted by Crippen LogP contribution is -2.55. The highest BCUT2D eigenvalue weighted by molar-refractivity contribution is 5.16. The molecule has 5 atom stereocenters. The molecule has 2 aliphatic carbocycles. The molecule has 2 saturated carbocycles. The summed E-state index contributed by atoms with van der Waals surface area (Å²) in [5, 5.41) is 3.54. The number of nitrogens with zero attached hydrogens (tertiary/aromatic N) is 3. The highest BCUT2D eigenvalue weighted by Crippen LogP contribution is 2.64. The minimum Gasteiger partial charge on any atom is -0.314 e. The van der Waals surface area contributed by atoms with E-state index in [1.54, 1.807) is 0 Å². The van der Waals surface area contributed by atoms with Gasteiger partial charge in [-0.3, -0.25) is 4.90 Å². The van der Waals surface area contributed by atoms with Crippen molar-refractivity contribution in [3.63, 3.8) is 0 Å². The zero-order valence-electron chi connectivity index (χ0n) is 21.3. The van der Waals surface area contributed by atoms with Crippen molar-refractivity contribution < 1.29 is 0 Å². The summed E-state index contributed by atoms with van der Waals surface area (Å²) >= 11 is 0. The van der Waals surface area contributed by atoms with Gasteiger partial charge in [0.25, 0.3) is 0 Å². The molecule has 2 spiro atoms. The SMILES string of the molecule is CC(C)N1CCC2(CCC(CC(C)N3CCC4(CC4C(C)(C)N4CCNCC4)C3)C2)C1. The molecular weight excluding hydrogens is 380 g/mol. The van der Waals surface area contributed by atoms with Crippen LogP contribution in [0, 0.1) is 22.7 Å². The van der Waals surface area contributed by atoms with Gasteiger partial charge in [-0.15, -0.1) is 0 Å². The molecule has 0 aromatic rings. The van der Waals surface area contributed by atoms with Gasteiger partial charge in [-0.25, -0.2) is 0 Å². The molecule has 0 radical (unpaired) electrons. The van der Waals surface area contributed by atoms with E-state index in [1.165, 1.54) is 97.3 Å². The molecule has 3 aliphatic heterocycles. The Labute approximate surface area is 192 Å². The lowest BCUT2D eigenvalue weighted by atomic mass is 9.83. The Kier molecular flexibility index (Phi) is 6.02. The molecule has 178 valence electrons. The maximum absolute atomic E-state index is 3.54. The van der Waals surface area contributed by atoms with Gasteiger partial charge in [0, 0.05) is 56.9 Å². The average molecular weight is 431 g/mol. The molecule has 0 amide bonds. The second-order valence-electron chi connectivity index (χ2n) is 13.2. The van der Waals surface area contributed by atoms with Crippen molar-refractivity contribution in [1.82, 2.24) is 20.0 Å². The molecule has 31 heavy (non-hydrogen) atoms. The van der Waals surface area contributed by atoms with E-state index in [1.807, 2.05) is 0 Å². The Balaban J connectivity index is 1.12. The maximum atomic E-state index is 3.54. The largest absolute Gasteiger partial charge is 0.314 e. The number of rotatable bonds is 6. The van der Waals surface area contributed by atoms with Gasteiger partial charge in [-0.2, -0.15) is 0 Å². The Morgan fingerprint density at radius 2 is 1.65 bits per heavy atom. The summed E-state index contributed by atoms with van der Waals surface area (Å²) in [6.07, 6.45) is 10.3. The molecule has 4 heteroatoms. The van der Waals surface area contributed by atoms with Gasteiger partial charge in [-0.05, 0) is 115 Å². The molecule has 0 aromatic heterocycles. The van der Waals surface area contributed by atoms with Gasteiger partial charge in [0.1, 0.15) is 0 Å². The van der Waals surface area contributed by atoms with Crippen LogP contribution in [0.1, 0.15) is 79.6 Å². The van der Waals surface area contributed by atoms with Crippen LogP contribution in [0.3, 0.4) is 0 Å². The maximum Gasteiger partial charge on any atom is 0.0188 e. The number of hydrogen-bond donors (Lipinski definition) is 1. The molecule has 5 aliphatic rings. The number of hydrogen-bond acceptors (Lipinski definition) is 4. The van der Waals surface area contributed by atoms with Gasteiger partial charge in [0.05, 0.1) is 0 Å². The molecule has 5 rings (SSSR count). The van der Waals surface area contributed by atoms with E-state index in [0.717, 1.165) is 23.9 Å². The molecule has 4 nitrogen and oxygen atoms in total. The molecule has 3 saturated heterocycles. The number of nitrogens with one attached hydrogen (secondary N) is 1. The van der Waals surface area contributed by atoms with Gasteiger partial charge in [-0.1, -0.05) is 0 Å². The summed E-state index contributed by atoms with van der Waals surface area (Å²) in [5.41, 5.74) is 1.70. The van der Waals surface area contributed by atoms with Crippen molar-refractivity contribution in [1.29, 1.82) is 0 Å². The van der Waals surface area contributed by atoms with Crippen LogP contribution < -0.4 is 5.32 Å². The first-order chi connectivity index (χ1) is 14.7. The van der Waals surface area contributed by atoms with Crippen LogP contribution in [0.25, 0.3) is 0 Å². The van der Waals surface area contributed by atoms with E-state index in [4.69, 9.17) is 0 Å². The average Bonchev–Trinajstić information content (AvgIpc) is 3.07. The number of piperazine rings is 1. The minimum atomic E-state index is 0.379. The zero-order valence-corrected chi connectivity index (χ0v) is 21.3. The molecule has 3 heterocycles. The first-order valence-electron chi connectivity index (χ1n) is 13.7. The third kappa shape index (κ3) is 4.24. The van der Waals surface area contributed by atoms with Crippen molar-refractivity contribution in [2.45, 2.75) is 97.2 Å². The standard InChI is InChI=1S/C27H50N4/c1-21(2)29-12-8-26(19-29)7-6-23(17-26)16-22(3)30-13-9-27(20-30)18-24(27)25(4,5)31-14-10-28-11-15-31/h21-24,28H,6-20H2,1-5H3. The molecule has 0 bridgehead atoms. The van der Waals surface area contributed by atoms with Crippen molar-refractivity contribution in [3.8, 4) is 0 Å². The Morgan fingerprint density at radius 1 is 0.903 bits per heavy atom. The van der Waals surface area contributed by atoms with Gasteiger partial charge in [0.2, 0.25) is 0 Å². The predicted molar refractivity (Wildman–Crippen MR) is 130 cm³/mol. The van der Waals surface area contributed by atoms with E-state index >= 15 is 0 Å². The zero-order chi connectivity index (χ0) is 21.9. The third-order valence-corrected chi connectivity index (χ3v) is 10.7. The molecule has 5 fully saturated rings. The lowest BCUT2D eigenvalue weighted by Gasteiger charge is -2.43. The van der Waals surface area contributed by atoms with Crippen LogP contribution in [-0.4, -0.2) is 84.7 Å². The summed E-state index contributed by atoms with van der Waals surface area (Å²) < 4.78 is 0. The summed E-state index contributed by atoms with van der Waals surface area (Å²) in [7, 11) is 0. The van der Waals surface area contributed by atoms with Crippen molar-refractivity contribution in [2.24, 2.45) is 22.7 Å². The fourth-order valence-electron chi connectivity index (χ4n) is 8.50. The quantitative estimate of drug-likeness (QED) is 0.686. The second kappa shape index (κ2) is 8.25. The van der Waals surface area contributed by atoms with Crippen LogP contribution in [0.15, 0.2) is 0 Å². The summed E-state index contributed by atoms with van der Waals surface area (Å²) in [6, 6.07) is 1.51. The van der Waals surface area contributed by atoms with Crippen LogP contribution in [0.5, 0.6) is 0 Å². The van der Waals surface area contributed by atoms with Gasteiger partial charge in [0.15, 0.2) is 0 Å². The molecule has 1 N–H and O–H groups in total. The van der Waals surface area contributed by atoms with Gasteiger partial charge >= 0.3 is 0 Å². The summed E-state index contributed by atoms with van der Waals surface area (Å²) in [5.74, 6) is 1.89. The summed E-state index contributed by atoms with van der Waals surface area (Å²) in [6.45, 7) is 22.7.